The summed E-state index contributed by atoms with van der Waals surface area (Å²) in [7, 11) is -1.13. The highest BCUT2D eigenvalue weighted by molar-refractivity contribution is 14.1. The number of ether oxygens (including phenoxy) is 1. The van der Waals surface area contributed by atoms with Crippen LogP contribution >= 0.6 is 22.6 Å². The topological polar surface area (TPSA) is 111 Å². The van der Waals surface area contributed by atoms with Crippen molar-refractivity contribution < 1.29 is 4.74 Å². The van der Waals surface area contributed by atoms with Gasteiger partial charge >= 0.3 is 0 Å². The van der Waals surface area contributed by atoms with Crippen molar-refractivity contribution in [2.24, 2.45) is 5.92 Å². The molecule has 4 aromatic heterocycles. The van der Waals surface area contributed by atoms with Crippen LogP contribution in [0.4, 0.5) is 5.82 Å². The summed E-state index contributed by atoms with van der Waals surface area (Å²) in [6.45, 7) is 10.0. The molecule has 1 aliphatic heterocycles. The Hall–Kier alpha value is -2.89. The Morgan fingerprint density at radius 3 is 2.87 bits per heavy atom. The third-order valence-electron chi connectivity index (χ3n) is 7.01. The van der Waals surface area contributed by atoms with Gasteiger partial charge in [0.15, 0.2) is 0 Å². The second-order valence-electron chi connectivity index (χ2n) is 10.9. The van der Waals surface area contributed by atoms with Crippen molar-refractivity contribution in [2.75, 3.05) is 24.6 Å². The SMILES string of the molecule is C[Si](C)(C)CCOCn1ccc2c(-c3cnn(C(CC#N)C4CCN(c5ncncc5I)C4)c3)ncnc21. The van der Waals surface area contributed by atoms with Gasteiger partial charge < -0.3 is 14.2 Å². The van der Waals surface area contributed by atoms with E-state index in [1.165, 1.54) is 0 Å². The van der Waals surface area contributed by atoms with Crippen molar-refractivity contribution >= 4 is 47.5 Å². The van der Waals surface area contributed by atoms with Crippen molar-refractivity contribution in [2.45, 2.75) is 51.3 Å². The molecule has 1 aliphatic rings. The van der Waals surface area contributed by atoms with Crippen LogP contribution in [0, 0.1) is 20.8 Å². The van der Waals surface area contributed by atoms with Crippen molar-refractivity contribution in [3.8, 4) is 17.3 Å². The zero-order chi connectivity index (χ0) is 26.7. The van der Waals surface area contributed by atoms with Crippen LogP contribution in [0.15, 0.2) is 43.5 Å². The van der Waals surface area contributed by atoms with Crippen molar-refractivity contribution in [3.05, 3.63) is 47.1 Å². The highest BCUT2D eigenvalue weighted by atomic mass is 127. The minimum atomic E-state index is -1.13. The second-order valence-corrected chi connectivity index (χ2v) is 17.7. The van der Waals surface area contributed by atoms with Crippen LogP contribution in [-0.4, -0.2) is 62.1 Å². The molecule has 0 bridgehead atoms. The molecule has 1 fully saturated rings. The van der Waals surface area contributed by atoms with E-state index >= 15 is 0 Å². The fraction of sp³-hybridized carbons (Fsp3) is 0.462. The number of nitrogens with zero attached hydrogens (tertiary/aromatic N) is 9. The molecule has 10 nitrogen and oxygen atoms in total. The van der Waals surface area contributed by atoms with Gasteiger partial charge in [0.25, 0.3) is 0 Å². The molecule has 12 heteroatoms. The normalized spacial score (nSPS) is 16.7. The maximum Gasteiger partial charge on any atom is 0.145 e. The average Bonchev–Trinajstić information content (AvgIpc) is 3.65. The lowest BCUT2D eigenvalue weighted by Gasteiger charge is -2.23. The molecule has 38 heavy (non-hydrogen) atoms. The van der Waals surface area contributed by atoms with Crippen LogP contribution in [0.25, 0.3) is 22.3 Å². The van der Waals surface area contributed by atoms with Crippen LogP contribution in [0.3, 0.4) is 0 Å². The molecule has 0 aliphatic carbocycles. The summed E-state index contributed by atoms with van der Waals surface area (Å²) in [6.07, 6.45) is 12.2. The molecule has 198 valence electrons. The molecule has 0 N–H and O–H groups in total. The molecular weight excluding hydrogens is 609 g/mol. The standard InChI is InChI=1S/C26H32IN9OSi/c1-38(2,3)11-10-37-18-35-9-6-21-24(30-17-32-25(21)35)20-12-33-36(15-20)23(4-7-28)19-5-8-34(14-19)26-22(27)13-29-16-31-26/h6,9,12-13,15-17,19,23H,4-5,8,10-11,14,18H2,1-3H3. The van der Waals surface area contributed by atoms with E-state index in [0.717, 1.165) is 63.8 Å². The average molecular weight is 642 g/mol. The quantitative estimate of drug-likeness (QED) is 0.136. The monoisotopic (exact) mass is 641 g/mol. The van der Waals surface area contributed by atoms with E-state index in [0.29, 0.717) is 13.2 Å². The smallest absolute Gasteiger partial charge is 0.145 e. The second kappa shape index (κ2) is 11.5. The lowest BCUT2D eigenvalue weighted by Crippen LogP contribution is -2.26. The third-order valence-corrected chi connectivity index (χ3v) is 9.48. The first-order valence-corrected chi connectivity index (χ1v) is 17.6. The minimum Gasteiger partial charge on any atom is -0.361 e. The number of hydrogen-bond acceptors (Lipinski definition) is 8. The van der Waals surface area contributed by atoms with E-state index in [9.17, 15) is 5.26 Å². The van der Waals surface area contributed by atoms with Crippen molar-refractivity contribution in [1.29, 1.82) is 5.26 Å². The Labute approximate surface area is 237 Å². The van der Waals surface area contributed by atoms with E-state index in [2.05, 4.69) is 73.1 Å². The fourth-order valence-electron chi connectivity index (χ4n) is 4.92. The fourth-order valence-corrected chi connectivity index (χ4v) is 6.32. The molecule has 5 heterocycles. The molecule has 4 aromatic rings. The van der Waals surface area contributed by atoms with E-state index in [1.54, 1.807) is 12.7 Å². The number of anilines is 1. The maximum atomic E-state index is 9.63. The van der Waals surface area contributed by atoms with Crippen LogP contribution < -0.4 is 4.90 Å². The number of hydrogen-bond donors (Lipinski definition) is 0. The van der Waals surface area contributed by atoms with Gasteiger partial charge in [-0.3, -0.25) is 4.68 Å². The Morgan fingerprint density at radius 1 is 1.21 bits per heavy atom. The van der Waals surface area contributed by atoms with Crippen LogP contribution in [0.5, 0.6) is 0 Å². The molecule has 2 atom stereocenters. The first kappa shape index (κ1) is 26.7. The number of fused-ring (bicyclic) bond motifs is 1. The molecule has 0 saturated carbocycles. The van der Waals surface area contributed by atoms with Gasteiger partial charge in [-0.15, -0.1) is 0 Å². The predicted octanol–water partition coefficient (Wildman–Crippen LogP) is 4.98. The summed E-state index contributed by atoms with van der Waals surface area (Å²) in [4.78, 5) is 20.0. The largest absolute Gasteiger partial charge is 0.361 e. The summed E-state index contributed by atoms with van der Waals surface area (Å²) < 4.78 is 11.0. The van der Waals surface area contributed by atoms with Gasteiger partial charge in [-0.1, -0.05) is 19.6 Å². The highest BCUT2D eigenvalue weighted by Gasteiger charge is 2.32. The summed E-state index contributed by atoms with van der Waals surface area (Å²) in [5.74, 6) is 1.24. The lowest BCUT2D eigenvalue weighted by atomic mass is 9.96. The molecule has 0 aromatic carbocycles. The maximum absolute atomic E-state index is 9.63. The van der Waals surface area contributed by atoms with Crippen molar-refractivity contribution in [1.82, 2.24) is 34.3 Å². The number of nitriles is 1. The number of halogens is 1. The Morgan fingerprint density at radius 2 is 2.08 bits per heavy atom. The Kier molecular flexibility index (Phi) is 8.06. The summed E-state index contributed by atoms with van der Waals surface area (Å²) >= 11 is 2.28. The molecule has 1 saturated heterocycles. The first-order valence-electron chi connectivity index (χ1n) is 12.8. The number of aromatic nitrogens is 7. The van der Waals surface area contributed by atoms with E-state index < -0.39 is 8.07 Å². The minimum absolute atomic E-state index is 0.0278. The highest BCUT2D eigenvalue weighted by Crippen LogP contribution is 2.34. The molecule has 2 unspecified atom stereocenters. The van der Waals surface area contributed by atoms with E-state index in [-0.39, 0.29) is 12.0 Å². The molecule has 0 spiro atoms. The van der Waals surface area contributed by atoms with Gasteiger partial charge in [0.2, 0.25) is 0 Å². The van der Waals surface area contributed by atoms with Crippen LogP contribution in [-0.2, 0) is 11.5 Å². The molecule has 0 amide bonds. The Bertz CT molecular complexity index is 1440. The van der Waals surface area contributed by atoms with Crippen LogP contribution in [0.1, 0.15) is 18.9 Å². The van der Waals surface area contributed by atoms with Crippen molar-refractivity contribution in [3.63, 3.8) is 0 Å². The number of rotatable bonds is 10. The van der Waals surface area contributed by atoms with E-state index in [1.807, 2.05) is 40.1 Å². The van der Waals surface area contributed by atoms with Gasteiger partial charge in [-0.25, -0.2) is 19.9 Å². The van der Waals surface area contributed by atoms with Gasteiger partial charge in [0.1, 0.15) is 30.9 Å². The van der Waals surface area contributed by atoms with Gasteiger partial charge in [-0.05, 0) is 41.1 Å². The zero-order valence-corrected chi connectivity index (χ0v) is 25.1. The summed E-state index contributed by atoms with van der Waals surface area (Å²) in [5, 5.41) is 15.3. The first-order chi connectivity index (χ1) is 18.3. The zero-order valence-electron chi connectivity index (χ0n) is 22.0. The third kappa shape index (κ3) is 5.89. The van der Waals surface area contributed by atoms with E-state index in [4.69, 9.17) is 9.84 Å². The van der Waals surface area contributed by atoms with Gasteiger partial charge in [-0.2, -0.15) is 10.4 Å². The predicted molar refractivity (Wildman–Crippen MR) is 157 cm³/mol. The summed E-state index contributed by atoms with van der Waals surface area (Å²) in [5.41, 5.74) is 2.59. The molecule has 0 radical (unpaired) electrons. The molecular formula is C26H32IN9OSi. The van der Waals surface area contributed by atoms with Gasteiger partial charge in [0.05, 0.1) is 34.0 Å². The summed E-state index contributed by atoms with van der Waals surface area (Å²) in [6, 6.07) is 5.52. The molecule has 5 rings (SSSR count). The van der Waals surface area contributed by atoms with Crippen LogP contribution in [0.2, 0.25) is 25.7 Å². The Balaban J connectivity index is 1.33. The lowest BCUT2D eigenvalue weighted by molar-refractivity contribution is 0.0899. The van der Waals surface area contributed by atoms with Gasteiger partial charge in [0, 0.05) is 63.2 Å².